The van der Waals surface area contributed by atoms with Crippen molar-refractivity contribution in [2.45, 2.75) is 69.5 Å². The van der Waals surface area contributed by atoms with Crippen LogP contribution in [0.3, 0.4) is 0 Å². The molecule has 1 aromatic carbocycles. The molecule has 236 valence electrons. The van der Waals surface area contributed by atoms with E-state index in [4.69, 9.17) is 21.1 Å². The topological polar surface area (TPSA) is 126 Å². The highest BCUT2D eigenvalue weighted by atomic mass is 35.5. The molecule has 16 heteroatoms. The van der Waals surface area contributed by atoms with E-state index in [-0.39, 0.29) is 27.9 Å². The second-order valence-corrected chi connectivity index (χ2v) is 19.6. The number of nitrogens with one attached hydrogen (secondary N) is 1. The van der Waals surface area contributed by atoms with Gasteiger partial charge in [-0.25, -0.2) is 27.2 Å². The molecule has 0 aliphatic carbocycles. The van der Waals surface area contributed by atoms with E-state index in [1.807, 2.05) is 16.1 Å². The van der Waals surface area contributed by atoms with Crippen LogP contribution in [-0.4, -0.2) is 59.5 Å². The van der Waals surface area contributed by atoms with Gasteiger partial charge in [0.15, 0.2) is 16.5 Å². The Kier molecular flexibility index (Phi) is 9.12. The Bertz CT molecular complexity index is 1790. The number of aromatic nitrogens is 6. The van der Waals surface area contributed by atoms with Gasteiger partial charge in [0.25, 0.3) is 10.0 Å². The van der Waals surface area contributed by atoms with Gasteiger partial charge in [0, 0.05) is 44.6 Å². The second kappa shape index (κ2) is 12.5. The maximum absolute atomic E-state index is 15.9. The minimum atomic E-state index is -4.38. The van der Waals surface area contributed by atoms with Crippen molar-refractivity contribution in [3.63, 3.8) is 0 Å². The number of methoxy groups -OCH3 is 1. The lowest BCUT2D eigenvalue weighted by molar-refractivity contribution is 0.0866. The first-order valence-corrected chi connectivity index (χ1v) is 19.6. The van der Waals surface area contributed by atoms with E-state index in [9.17, 15) is 8.42 Å². The number of halogens is 3. The van der Waals surface area contributed by atoms with Gasteiger partial charge < -0.3 is 14.0 Å². The van der Waals surface area contributed by atoms with Crippen LogP contribution in [0, 0.1) is 18.6 Å². The van der Waals surface area contributed by atoms with Gasteiger partial charge in [-0.2, -0.15) is 0 Å². The zero-order valence-corrected chi connectivity index (χ0v) is 27.6. The monoisotopic (exact) mass is 665 g/mol. The van der Waals surface area contributed by atoms with Gasteiger partial charge in [-0.3, -0.25) is 9.29 Å². The van der Waals surface area contributed by atoms with Crippen LogP contribution in [0.2, 0.25) is 30.7 Å². The van der Waals surface area contributed by atoms with Crippen LogP contribution >= 0.6 is 11.6 Å². The summed E-state index contributed by atoms with van der Waals surface area (Å²) in [5.41, 5.74) is 0.898. The van der Waals surface area contributed by atoms with Crippen molar-refractivity contribution in [2.24, 2.45) is 0 Å². The maximum Gasteiger partial charge on any atom is 0.267 e. The standard InChI is InChI=1S/C28H34ClF2N7O4SSi/c1-17-34-35-27(38(17)16-42-10-11-44(3,4)5)26-22-9-6-18(14-37(22)15-33-26)24-20(30)7-8-21(25(24)31)36-43(39,40)23-12-19(29)13-32-28(23)41-2/h7-8,12-13,15,18,36H,6,9-11,14,16H2,1-5H3. The lowest BCUT2D eigenvalue weighted by Gasteiger charge is -2.26. The van der Waals surface area contributed by atoms with Crippen LogP contribution in [0.4, 0.5) is 14.5 Å². The number of anilines is 1. The Morgan fingerprint density at radius 1 is 1.18 bits per heavy atom. The van der Waals surface area contributed by atoms with E-state index >= 15 is 8.78 Å². The van der Waals surface area contributed by atoms with Gasteiger partial charge in [0.2, 0.25) is 5.88 Å². The van der Waals surface area contributed by atoms with Crippen LogP contribution in [0.15, 0.2) is 35.6 Å². The fourth-order valence-electron chi connectivity index (χ4n) is 5.11. The number of hydrogen-bond donors (Lipinski definition) is 1. The number of benzene rings is 1. The largest absolute Gasteiger partial charge is 0.480 e. The fraction of sp³-hybridized carbons (Fsp3) is 0.429. The van der Waals surface area contributed by atoms with Gasteiger partial charge in [-0.15, -0.1) is 10.2 Å². The molecule has 3 aromatic heterocycles. The van der Waals surface area contributed by atoms with Gasteiger partial charge in [-0.1, -0.05) is 31.2 Å². The van der Waals surface area contributed by atoms with Gasteiger partial charge >= 0.3 is 0 Å². The molecule has 11 nitrogen and oxygen atoms in total. The normalized spacial score (nSPS) is 15.3. The lowest BCUT2D eigenvalue weighted by Crippen LogP contribution is -2.22. The highest BCUT2D eigenvalue weighted by Gasteiger charge is 2.31. The van der Waals surface area contributed by atoms with E-state index < -0.39 is 41.3 Å². The smallest absolute Gasteiger partial charge is 0.267 e. The summed E-state index contributed by atoms with van der Waals surface area (Å²) in [6, 6.07) is 4.26. The summed E-state index contributed by atoms with van der Waals surface area (Å²) in [6.45, 7) is 9.90. The molecule has 0 fully saturated rings. The van der Waals surface area contributed by atoms with Crippen molar-refractivity contribution in [1.82, 2.24) is 29.3 Å². The average Bonchev–Trinajstić information content (AvgIpc) is 3.54. The third kappa shape index (κ3) is 6.65. The molecule has 4 aromatic rings. The Balaban J connectivity index is 1.38. The van der Waals surface area contributed by atoms with Crippen LogP contribution in [0.5, 0.6) is 5.88 Å². The molecular weight excluding hydrogens is 632 g/mol. The zero-order valence-electron chi connectivity index (χ0n) is 25.1. The maximum atomic E-state index is 15.9. The van der Waals surface area contributed by atoms with Crippen LogP contribution in [0.1, 0.15) is 29.4 Å². The summed E-state index contributed by atoms with van der Waals surface area (Å²) in [4.78, 5) is 8.07. The Labute approximate surface area is 260 Å². The van der Waals surface area contributed by atoms with Crippen LogP contribution in [-0.2, 0) is 34.5 Å². The Morgan fingerprint density at radius 2 is 1.95 bits per heavy atom. The summed E-state index contributed by atoms with van der Waals surface area (Å²) >= 11 is 5.94. The molecule has 0 bridgehead atoms. The first kappa shape index (κ1) is 32.0. The Hall–Kier alpha value is -3.40. The number of rotatable bonds is 11. The summed E-state index contributed by atoms with van der Waals surface area (Å²) < 4.78 is 74.2. The average molecular weight is 666 g/mol. The molecule has 0 spiro atoms. The van der Waals surface area contributed by atoms with Crippen molar-refractivity contribution >= 4 is 35.4 Å². The number of fused-ring (bicyclic) bond motifs is 1. The molecule has 44 heavy (non-hydrogen) atoms. The number of ether oxygens (including phenoxy) is 2. The third-order valence-corrected chi connectivity index (χ3v) is 10.8. The molecule has 0 saturated carbocycles. The predicted molar refractivity (Wildman–Crippen MR) is 164 cm³/mol. The van der Waals surface area contributed by atoms with E-state index in [1.165, 1.54) is 13.3 Å². The van der Waals surface area contributed by atoms with Crippen molar-refractivity contribution in [1.29, 1.82) is 0 Å². The summed E-state index contributed by atoms with van der Waals surface area (Å²) in [5, 5.41) is 8.62. The molecule has 1 aliphatic rings. The summed E-state index contributed by atoms with van der Waals surface area (Å²) in [5.74, 6) is -1.31. The summed E-state index contributed by atoms with van der Waals surface area (Å²) in [6.07, 6.45) is 3.71. The summed E-state index contributed by atoms with van der Waals surface area (Å²) in [7, 11) is -4.37. The van der Waals surface area contributed by atoms with Crippen LogP contribution in [0.25, 0.3) is 11.5 Å². The molecule has 5 rings (SSSR count). The third-order valence-electron chi connectivity index (χ3n) is 7.50. The van der Waals surface area contributed by atoms with Crippen molar-refractivity contribution < 1.29 is 26.7 Å². The first-order valence-electron chi connectivity index (χ1n) is 14.0. The quantitative estimate of drug-likeness (QED) is 0.161. The molecular formula is C28H34ClF2N7O4SSi. The van der Waals surface area contributed by atoms with E-state index in [0.717, 1.165) is 29.9 Å². The van der Waals surface area contributed by atoms with E-state index in [2.05, 4.69) is 44.5 Å². The van der Waals surface area contributed by atoms with Crippen molar-refractivity contribution in [3.8, 4) is 17.4 Å². The Morgan fingerprint density at radius 3 is 2.68 bits per heavy atom. The van der Waals surface area contributed by atoms with Crippen molar-refractivity contribution in [3.05, 3.63) is 64.5 Å². The molecule has 1 N–H and O–H groups in total. The second-order valence-electron chi connectivity index (χ2n) is 11.9. The molecule has 0 radical (unpaired) electrons. The molecule has 4 heterocycles. The number of sulfonamides is 1. The first-order chi connectivity index (χ1) is 20.8. The highest BCUT2D eigenvalue weighted by Crippen LogP contribution is 2.38. The van der Waals surface area contributed by atoms with Gasteiger partial charge in [0.05, 0.1) is 24.1 Å². The number of pyridine rings is 1. The molecule has 1 atom stereocenters. The van der Waals surface area contributed by atoms with E-state index in [1.54, 1.807) is 6.33 Å². The van der Waals surface area contributed by atoms with E-state index in [0.29, 0.717) is 43.5 Å². The van der Waals surface area contributed by atoms with Gasteiger partial charge in [-0.05, 0) is 44.0 Å². The van der Waals surface area contributed by atoms with Crippen molar-refractivity contribution in [2.75, 3.05) is 18.4 Å². The number of hydrogen-bond acceptors (Lipinski definition) is 8. The molecule has 1 unspecified atom stereocenters. The SMILES string of the molecule is COc1ncc(Cl)cc1S(=O)(=O)Nc1ccc(F)c(C2CCc3c(-c4nnc(C)n4COCC[Si](C)(C)C)ncn3C2)c1F. The van der Waals surface area contributed by atoms with Gasteiger partial charge in [0.1, 0.15) is 24.1 Å². The zero-order chi connectivity index (χ0) is 31.8. The number of aryl methyl sites for hydroxylation is 1. The number of imidazole rings is 1. The minimum absolute atomic E-state index is 0.0483. The number of nitrogens with zero attached hydrogens (tertiary/aromatic N) is 6. The predicted octanol–water partition coefficient (Wildman–Crippen LogP) is 5.63. The highest BCUT2D eigenvalue weighted by molar-refractivity contribution is 7.92. The lowest BCUT2D eigenvalue weighted by atomic mass is 9.89. The molecule has 0 amide bonds. The fourth-order valence-corrected chi connectivity index (χ4v) is 7.29. The van der Waals surface area contributed by atoms with Crippen LogP contribution < -0.4 is 9.46 Å². The molecule has 1 aliphatic heterocycles. The molecule has 0 saturated heterocycles. The minimum Gasteiger partial charge on any atom is -0.480 e.